The van der Waals surface area contributed by atoms with E-state index in [0.717, 1.165) is 19.3 Å². The van der Waals surface area contributed by atoms with Crippen molar-refractivity contribution in [3.8, 4) is 0 Å². The van der Waals surface area contributed by atoms with Gasteiger partial charge in [0.15, 0.2) is 0 Å². The fourth-order valence-corrected chi connectivity index (χ4v) is 3.52. The van der Waals surface area contributed by atoms with Crippen LogP contribution in [0.5, 0.6) is 0 Å². The van der Waals surface area contributed by atoms with Gasteiger partial charge in [-0.05, 0) is 55.7 Å². The first-order valence-corrected chi connectivity index (χ1v) is 11.8. The molecule has 7 nitrogen and oxygen atoms in total. The lowest BCUT2D eigenvalue weighted by atomic mass is 10.1. The van der Waals surface area contributed by atoms with E-state index in [4.69, 9.17) is 11.6 Å². The van der Waals surface area contributed by atoms with Crippen LogP contribution in [0.25, 0.3) is 0 Å². The molecule has 0 unspecified atom stereocenters. The van der Waals surface area contributed by atoms with E-state index in [1.807, 2.05) is 25.7 Å². The Balaban J connectivity index is 1.99. The summed E-state index contributed by atoms with van der Waals surface area (Å²) in [7, 11) is 0. The normalized spacial score (nSPS) is 10.4. The molecular weight excluding hydrogens is 440 g/mol. The van der Waals surface area contributed by atoms with Gasteiger partial charge in [0.1, 0.15) is 0 Å². The van der Waals surface area contributed by atoms with Gasteiger partial charge in [0, 0.05) is 36.4 Å². The molecule has 0 bridgehead atoms. The number of nitrogens with zero attached hydrogens (tertiary/aromatic N) is 1. The molecule has 0 heterocycles. The molecule has 0 aliphatic heterocycles. The second kappa shape index (κ2) is 13.5. The summed E-state index contributed by atoms with van der Waals surface area (Å²) in [6.07, 6.45) is 2.97. The molecule has 8 heteroatoms. The van der Waals surface area contributed by atoms with Gasteiger partial charge in [-0.25, -0.2) is 0 Å². The van der Waals surface area contributed by atoms with Crippen LogP contribution in [0.4, 0.5) is 17.1 Å². The van der Waals surface area contributed by atoms with Crippen molar-refractivity contribution in [2.45, 2.75) is 46.5 Å². The molecule has 2 aromatic rings. The van der Waals surface area contributed by atoms with E-state index in [-0.39, 0.29) is 24.3 Å². The number of amides is 3. The van der Waals surface area contributed by atoms with Gasteiger partial charge in [0.2, 0.25) is 11.8 Å². The van der Waals surface area contributed by atoms with Crippen molar-refractivity contribution in [3.05, 3.63) is 53.1 Å². The summed E-state index contributed by atoms with van der Waals surface area (Å²) in [5.74, 6) is -0.397. The van der Waals surface area contributed by atoms with E-state index in [1.54, 1.807) is 42.5 Å². The average Bonchev–Trinajstić information content (AvgIpc) is 2.79. The molecule has 0 saturated heterocycles. The van der Waals surface area contributed by atoms with Crippen LogP contribution in [0, 0.1) is 0 Å². The van der Waals surface area contributed by atoms with Crippen LogP contribution in [0.3, 0.4) is 0 Å². The molecular formula is C25H33ClN4O3. The molecule has 178 valence electrons. The predicted molar refractivity (Wildman–Crippen MR) is 135 cm³/mol. The summed E-state index contributed by atoms with van der Waals surface area (Å²) in [6.45, 7) is 7.40. The third-order valence-corrected chi connectivity index (χ3v) is 5.16. The third kappa shape index (κ3) is 8.42. The molecule has 0 aliphatic rings. The van der Waals surface area contributed by atoms with E-state index >= 15 is 0 Å². The van der Waals surface area contributed by atoms with E-state index < -0.39 is 0 Å². The van der Waals surface area contributed by atoms with Crippen LogP contribution in [-0.4, -0.2) is 42.3 Å². The summed E-state index contributed by atoms with van der Waals surface area (Å²) >= 11 is 6.23. The van der Waals surface area contributed by atoms with Crippen LogP contribution in [0.2, 0.25) is 5.02 Å². The quantitative estimate of drug-likeness (QED) is 0.386. The predicted octanol–water partition coefficient (Wildman–Crippen LogP) is 5.39. The summed E-state index contributed by atoms with van der Waals surface area (Å²) in [4.78, 5) is 38.9. The highest BCUT2D eigenvalue weighted by molar-refractivity contribution is 6.33. The molecule has 0 aliphatic carbocycles. The fourth-order valence-electron chi connectivity index (χ4n) is 3.34. The second-order valence-electron chi connectivity index (χ2n) is 7.77. The lowest BCUT2D eigenvalue weighted by Gasteiger charge is -2.21. The first kappa shape index (κ1) is 26.2. The zero-order valence-corrected chi connectivity index (χ0v) is 20.3. The van der Waals surface area contributed by atoms with E-state index in [2.05, 4.69) is 16.0 Å². The zero-order valence-electron chi connectivity index (χ0n) is 19.5. The Labute approximate surface area is 200 Å². The van der Waals surface area contributed by atoms with Crippen molar-refractivity contribution < 1.29 is 14.4 Å². The highest BCUT2D eigenvalue weighted by atomic mass is 35.5. The van der Waals surface area contributed by atoms with Crippen molar-refractivity contribution in [2.24, 2.45) is 0 Å². The maximum absolute atomic E-state index is 12.8. The van der Waals surface area contributed by atoms with Gasteiger partial charge in [-0.1, -0.05) is 38.4 Å². The number of rotatable bonds is 12. The number of hydrogen-bond donors (Lipinski definition) is 3. The number of benzene rings is 2. The van der Waals surface area contributed by atoms with Crippen LogP contribution < -0.4 is 16.0 Å². The number of halogens is 1. The Morgan fingerprint density at radius 1 is 0.848 bits per heavy atom. The van der Waals surface area contributed by atoms with E-state index in [0.29, 0.717) is 47.2 Å². The van der Waals surface area contributed by atoms with Gasteiger partial charge >= 0.3 is 0 Å². The summed E-state index contributed by atoms with van der Waals surface area (Å²) in [5, 5.41) is 9.05. The second-order valence-corrected chi connectivity index (χ2v) is 8.17. The van der Waals surface area contributed by atoms with Gasteiger partial charge in [-0.15, -0.1) is 0 Å². The number of anilines is 3. The highest BCUT2D eigenvalue weighted by Gasteiger charge is 2.15. The Bertz CT molecular complexity index is 958. The summed E-state index contributed by atoms with van der Waals surface area (Å²) in [5.41, 5.74) is 2.24. The molecule has 2 aromatic carbocycles. The molecule has 0 aromatic heterocycles. The average molecular weight is 473 g/mol. The number of carbonyl (C=O) groups excluding carboxylic acids is 3. The van der Waals surface area contributed by atoms with Crippen molar-refractivity contribution in [1.29, 1.82) is 0 Å². The molecule has 0 radical (unpaired) electrons. The molecule has 2 rings (SSSR count). The van der Waals surface area contributed by atoms with Crippen molar-refractivity contribution >= 4 is 46.4 Å². The maximum atomic E-state index is 12.8. The minimum Gasteiger partial charge on any atom is -0.375 e. The Hall–Kier alpha value is -3.06. The largest absolute Gasteiger partial charge is 0.375 e. The van der Waals surface area contributed by atoms with Gasteiger partial charge in [-0.3, -0.25) is 14.4 Å². The van der Waals surface area contributed by atoms with Crippen molar-refractivity contribution in [1.82, 2.24) is 4.90 Å². The lowest BCUT2D eigenvalue weighted by molar-refractivity contribution is -0.116. The van der Waals surface area contributed by atoms with Crippen molar-refractivity contribution in [2.75, 3.05) is 35.6 Å². The summed E-state index contributed by atoms with van der Waals surface area (Å²) in [6, 6.07) is 12.0. The highest BCUT2D eigenvalue weighted by Crippen LogP contribution is 2.25. The summed E-state index contributed by atoms with van der Waals surface area (Å²) < 4.78 is 0. The Morgan fingerprint density at radius 2 is 1.52 bits per heavy atom. The minimum absolute atomic E-state index is 0.0257. The van der Waals surface area contributed by atoms with Gasteiger partial charge in [0.05, 0.1) is 17.3 Å². The molecule has 3 amide bonds. The van der Waals surface area contributed by atoms with Crippen LogP contribution in [0.15, 0.2) is 42.5 Å². The van der Waals surface area contributed by atoms with Crippen LogP contribution >= 0.6 is 11.6 Å². The van der Waals surface area contributed by atoms with Crippen LogP contribution in [0.1, 0.15) is 56.8 Å². The third-order valence-electron chi connectivity index (χ3n) is 4.83. The fraction of sp³-hybridized carbons (Fsp3) is 0.400. The van der Waals surface area contributed by atoms with E-state index in [9.17, 15) is 14.4 Å². The first-order chi connectivity index (χ1) is 15.9. The Morgan fingerprint density at radius 3 is 2.18 bits per heavy atom. The smallest absolute Gasteiger partial charge is 0.253 e. The SMILES string of the molecule is CCCC(=O)Nc1ccc(Cl)c(NCC(=O)Nc2cccc(C(=O)N(CCC)CCC)c2)c1. The van der Waals surface area contributed by atoms with E-state index in [1.165, 1.54) is 0 Å². The topological polar surface area (TPSA) is 90.5 Å². The van der Waals surface area contributed by atoms with Gasteiger partial charge < -0.3 is 20.9 Å². The number of hydrogen-bond acceptors (Lipinski definition) is 4. The lowest BCUT2D eigenvalue weighted by Crippen LogP contribution is -2.32. The van der Waals surface area contributed by atoms with Crippen molar-refractivity contribution in [3.63, 3.8) is 0 Å². The minimum atomic E-state index is -0.282. The number of nitrogens with one attached hydrogen (secondary N) is 3. The Kier molecular flexibility index (Phi) is 10.7. The maximum Gasteiger partial charge on any atom is 0.253 e. The van der Waals surface area contributed by atoms with Crippen LogP contribution in [-0.2, 0) is 9.59 Å². The van der Waals surface area contributed by atoms with Gasteiger partial charge in [-0.2, -0.15) is 0 Å². The first-order valence-electron chi connectivity index (χ1n) is 11.4. The molecule has 0 atom stereocenters. The molecule has 0 fully saturated rings. The number of carbonyl (C=O) groups is 3. The molecule has 0 spiro atoms. The zero-order chi connectivity index (χ0) is 24.2. The monoisotopic (exact) mass is 472 g/mol. The molecule has 3 N–H and O–H groups in total. The molecule has 0 saturated carbocycles. The molecule has 33 heavy (non-hydrogen) atoms. The standard InChI is InChI=1S/C25H33ClN4O3/c1-4-8-23(31)28-20-11-12-21(26)22(16-20)27-17-24(32)29-19-10-7-9-18(15-19)25(33)30(13-5-2)14-6-3/h7,9-12,15-16,27H,4-6,8,13-14,17H2,1-3H3,(H,28,31)(H,29,32). The van der Waals surface area contributed by atoms with Gasteiger partial charge in [0.25, 0.3) is 5.91 Å².